The minimum atomic E-state index is 0.618. The van der Waals surface area contributed by atoms with Crippen LogP contribution in [0.15, 0.2) is 12.4 Å². The molecule has 1 saturated carbocycles. The van der Waals surface area contributed by atoms with Crippen LogP contribution in [0.1, 0.15) is 12.8 Å². The van der Waals surface area contributed by atoms with Crippen molar-refractivity contribution in [3.05, 3.63) is 12.4 Å². The van der Waals surface area contributed by atoms with Gasteiger partial charge >= 0.3 is 0 Å². The number of hydrogen-bond acceptors (Lipinski definition) is 5. The lowest BCUT2D eigenvalue weighted by Gasteiger charge is -2.17. The number of rotatable bonds is 5. The normalized spacial score (nSPS) is 15.1. The molecular weight excluding hydrogens is 190 g/mol. The van der Waals surface area contributed by atoms with E-state index in [4.69, 9.17) is 5.73 Å². The Morgan fingerprint density at radius 1 is 1.53 bits per heavy atom. The number of aromatic nitrogens is 2. The summed E-state index contributed by atoms with van der Waals surface area (Å²) in [6.45, 7) is 1.44. The molecule has 1 heterocycles. The summed E-state index contributed by atoms with van der Waals surface area (Å²) in [6.07, 6.45) is 4.09. The second-order valence-electron chi connectivity index (χ2n) is 3.89. The van der Waals surface area contributed by atoms with Crippen LogP contribution in [0.2, 0.25) is 0 Å². The molecule has 1 aliphatic carbocycles. The Morgan fingerprint density at radius 2 is 2.33 bits per heavy atom. The zero-order chi connectivity index (χ0) is 10.7. The quantitative estimate of drug-likeness (QED) is 0.733. The summed E-state index contributed by atoms with van der Waals surface area (Å²) in [5.41, 5.74) is 5.49. The van der Waals surface area contributed by atoms with Gasteiger partial charge in [0.2, 0.25) is 0 Å². The number of nitrogens with zero attached hydrogens (tertiary/aromatic N) is 3. The Balaban J connectivity index is 2.03. The standard InChI is InChI=1S/C10H17N5/c1-15(5-4-11)10-6-9(12-7-13-10)14-8-2-3-8/h6-8H,2-5,11H2,1H3,(H,12,13,14). The highest BCUT2D eigenvalue weighted by molar-refractivity contribution is 5.48. The maximum absolute atomic E-state index is 5.49. The van der Waals surface area contributed by atoms with E-state index in [9.17, 15) is 0 Å². The summed E-state index contributed by atoms with van der Waals surface area (Å²) in [6, 6.07) is 2.58. The van der Waals surface area contributed by atoms with Gasteiger partial charge in [-0.2, -0.15) is 0 Å². The predicted molar refractivity (Wildman–Crippen MR) is 61.0 cm³/mol. The summed E-state index contributed by atoms with van der Waals surface area (Å²) in [4.78, 5) is 10.4. The first kappa shape index (κ1) is 10.2. The monoisotopic (exact) mass is 207 g/mol. The molecule has 0 radical (unpaired) electrons. The number of hydrogen-bond donors (Lipinski definition) is 2. The Kier molecular flexibility index (Phi) is 3.01. The topological polar surface area (TPSA) is 67.1 Å². The van der Waals surface area contributed by atoms with Crippen LogP contribution in [0.25, 0.3) is 0 Å². The van der Waals surface area contributed by atoms with Crippen LogP contribution in [0.5, 0.6) is 0 Å². The summed E-state index contributed by atoms with van der Waals surface area (Å²) >= 11 is 0. The molecule has 0 bridgehead atoms. The molecule has 0 unspecified atom stereocenters. The summed E-state index contributed by atoms with van der Waals surface area (Å²) in [7, 11) is 1.98. The number of nitrogens with two attached hydrogens (primary N) is 1. The molecule has 2 rings (SSSR count). The molecule has 0 saturated heterocycles. The van der Waals surface area contributed by atoms with E-state index in [1.807, 2.05) is 18.0 Å². The van der Waals surface area contributed by atoms with Crippen molar-refractivity contribution in [3.8, 4) is 0 Å². The molecule has 3 N–H and O–H groups in total. The van der Waals surface area contributed by atoms with Crippen LogP contribution < -0.4 is 16.0 Å². The molecule has 1 aromatic heterocycles. The van der Waals surface area contributed by atoms with E-state index in [0.717, 1.165) is 18.2 Å². The average molecular weight is 207 g/mol. The highest BCUT2D eigenvalue weighted by Crippen LogP contribution is 2.24. The van der Waals surface area contributed by atoms with Crippen LogP contribution in [-0.4, -0.2) is 36.1 Å². The maximum atomic E-state index is 5.49. The average Bonchev–Trinajstić information content (AvgIpc) is 3.03. The maximum Gasteiger partial charge on any atom is 0.133 e. The fraction of sp³-hybridized carbons (Fsp3) is 0.600. The van der Waals surface area contributed by atoms with Gasteiger partial charge in [0.05, 0.1) is 0 Å². The molecular formula is C10H17N5. The molecule has 15 heavy (non-hydrogen) atoms. The first-order chi connectivity index (χ1) is 7.29. The Hall–Kier alpha value is -1.36. The lowest BCUT2D eigenvalue weighted by atomic mass is 10.4. The number of anilines is 2. The molecule has 1 aliphatic rings. The largest absolute Gasteiger partial charge is 0.367 e. The van der Waals surface area contributed by atoms with Crippen molar-refractivity contribution >= 4 is 11.6 Å². The van der Waals surface area contributed by atoms with Crippen molar-refractivity contribution in [3.63, 3.8) is 0 Å². The second kappa shape index (κ2) is 4.44. The third-order valence-electron chi connectivity index (χ3n) is 2.44. The minimum Gasteiger partial charge on any atom is -0.367 e. The van der Waals surface area contributed by atoms with Gasteiger partial charge in [0.15, 0.2) is 0 Å². The van der Waals surface area contributed by atoms with Crippen molar-refractivity contribution in [2.24, 2.45) is 5.73 Å². The lowest BCUT2D eigenvalue weighted by molar-refractivity contribution is 0.863. The molecule has 0 spiro atoms. The SMILES string of the molecule is CN(CCN)c1cc(NC2CC2)ncn1. The zero-order valence-corrected chi connectivity index (χ0v) is 8.98. The van der Waals surface area contributed by atoms with Crippen molar-refractivity contribution < 1.29 is 0 Å². The van der Waals surface area contributed by atoms with Crippen LogP contribution in [0.4, 0.5) is 11.6 Å². The Morgan fingerprint density at radius 3 is 3.00 bits per heavy atom. The van der Waals surface area contributed by atoms with Crippen LogP contribution >= 0.6 is 0 Å². The Labute approximate surface area is 89.7 Å². The molecule has 5 heteroatoms. The van der Waals surface area contributed by atoms with Crippen LogP contribution in [0, 0.1) is 0 Å². The van der Waals surface area contributed by atoms with Crippen molar-refractivity contribution in [2.75, 3.05) is 30.4 Å². The molecule has 82 valence electrons. The van der Waals surface area contributed by atoms with E-state index >= 15 is 0 Å². The first-order valence-corrected chi connectivity index (χ1v) is 5.29. The van der Waals surface area contributed by atoms with E-state index in [-0.39, 0.29) is 0 Å². The van der Waals surface area contributed by atoms with Gasteiger partial charge < -0.3 is 16.0 Å². The van der Waals surface area contributed by atoms with E-state index in [0.29, 0.717) is 12.6 Å². The van der Waals surface area contributed by atoms with Gasteiger partial charge in [0, 0.05) is 32.2 Å². The second-order valence-corrected chi connectivity index (χ2v) is 3.89. The fourth-order valence-corrected chi connectivity index (χ4v) is 1.38. The molecule has 5 nitrogen and oxygen atoms in total. The van der Waals surface area contributed by atoms with E-state index in [2.05, 4.69) is 15.3 Å². The molecule has 0 aliphatic heterocycles. The molecule has 0 atom stereocenters. The van der Waals surface area contributed by atoms with E-state index in [1.54, 1.807) is 6.33 Å². The zero-order valence-electron chi connectivity index (χ0n) is 8.98. The van der Waals surface area contributed by atoms with Crippen LogP contribution in [0.3, 0.4) is 0 Å². The van der Waals surface area contributed by atoms with Crippen molar-refractivity contribution in [2.45, 2.75) is 18.9 Å². The smallest absolute Gasteiger partial charge is 0.133 e. The highest BCUT2D eigenvalue weighted by Gasteiger charge is 2.21. The van der Waals surface area contributed by atoms with Gasteiger partial charge in [0.1, 0.15) is 18.0 Å². The highest BCUT2D eigenvalue weighted by atomic mass is 15.2. The third kappa shape index (κ3) is 2.79. The third-order valence-corrected chi connectivity index (χ3v) is 2.44. The summed E-state index contributed by atoms with van der Waals surface area (Å²) < 4.78 is 0. The van der Waals surface area contributed by atoms with Gasteiger partial charge in [-0.05, 0) is 12.8 Å². The van der Waals surface area contributed by atoms with Crippen LogP contribution in [-0.2, 0) is 0 Å². The Bertz CT molecular complexity index is 323. The molecule has 1 fully saturated rings. The summed E-state index contributed by atoms with van der Waals surface area (Å²) in [5, 5.41) is 3.34. The molecule has 1 aromatic rings. The van der Waals surface area contributed by atoms with Gasteiger partial charge in [-0.1, -0.05) is 0 Å². The minimum absolute atomic E-state index is 0.618. The lowest BCUT2D eigenvalue weighted by Crippen LogP contribution is -2.25. The van der Waals surface area contributed by atoms with E-state index in [1.165, 1.54) is 12.8 Å². The van der Waals surface area contributed by atoms with Gasteiger partial charge in [-0.25, -0.2) is 9.97 Å². The van der Waals surface area contributed by atoms with Crippen molar-refractivity contribution in [1.82, 2.24) is 9.97 Å². The molecule has 0 amide bonds. The summed E-state index contributed by atoms with van der Waals surface area (Å²) in [5.74, 6) is 1.82. The van der Waals surface area contributed by atoms with Gasteiger partial charge in [0.25, 0.3) is 0 Å². The van der Waals surface area contributed by atoms with E-state index < -0.39 is 0 Å². The van der Waals surface area contributed by atoms with Gasteiger partial charge in [-0.3, -0.25) is 0 Å². The number of nitrogens with one attached hydrogen (secondary N) is 1. The molecule has 0 aromatic carbocycles. The van der Waals surface area contributed by atoms with Crippen molar-refractivity contribution in [1.29, 1.82) is 0 Å². The fourth-order valence-electron chi connectivity index (χ4n) is 1.38. The first-order valence-electron chi connectivity index (χ1n) is 5.29. The number of likely N-dealkylation sites (N-methyl/N-ethyl adjacent to an activating group) is 1. The van der Waals surface area contributed by atoms with Gasteiger partial charge in [-0.15, -0.1) is 0 Å². The predicted octanol–water partition coefficient (Wildman–Crippen LogP) is 0.446.